The highest BCUT2D eigenvalue weighted by atomic mass is 19.1. The number of carbonyl (C=O) groups excluding carboxylic acids is 1. The third-order valence-electron chi connectivity index (χ3n) is 2.47. The molecule has 2 aromatic rings. The van der Waals surface area contributed by atoms with Gasteiger partial charge in [-0.15, -0.1) is 0 Å². The fraction of sp³-hybridized carbons (Fsp3) is 0.231. The maximum Gasteiger partial charge on any atom is 0.232 e. The molecule has 0 spiro atoms. The Morgan fingerprint density at radius 2 is 2.11 bits per heavy atom. The maximum atomic E-state index is 13.3. The van der Waals surface area contributed by atoms with E-state index in [4.69, 9.17) is 4.42 Å². The minimum atomic E-state index is -0.462. The lowest BCUT2D eigenvalue weighted by Crippen LogP contribution is -2.15. The number of amides is 1. The molecule has 0 radical (unpaired) electrons. The normalized spacial score (nSPS) is 10.4. The first-order chi connectivity index (χ1) is 8.56. The van der Waals surface area contributed by atoms with Crippen molar-refractivity contribution in [2.24, 2.45) is 0 Å². The molecule has 18 heavy (non-hydrogen) atoms. The van der Waals surface area contributed by atoms with Crippen LogP contribution in [0.4, 0.5) is 10.1 Å². The summed E-state index contributed by atoms with van der Waals surface area (Å²) < 4.78 is 18.6. The van der Waals surface area contributed by atoms with Gasteiger partial charge in [-0.3, -0.25) is 4.79 Å². The molecule has 94 valence electrons. The average Bonchev–Trinajstić information content (AvgIpc) is 2.61. The summed E-state index contributed by atoms with van der Waals surface area (Å²) in [4.78, 5) is 15.8. The molecule has 4 nitrogen and oxygen atoms in total. The molecule has 0 atom stereocenters. The second-order valence-corrected chi connectivity index (χ2v) is 3.95. The molecule has 1 N–H and O–H groups in total. The average molecular weight is 248 g/mol. The number of carbonyl (C=O) groups is 1. The Hall–Kier alpha value is -2.17. The van der Waals surface area contributed by atoms with Gasteiger partial charge in [0, 0.05) is 6.92 Å². The van der Waals surface area contributed by atoms with Crippen LogP contribution in [0.5, 0.6) is 0 Å². The molecule has 1 heterocycles. The Bertz CT molecular complexity index is 578. The smallest absolute Gasteiger partial charge is 0.232 e. The summed E-state index contributed by atoms with van der Waals surface area (Å²) in [5.74, 6) is 0.221. The number of rotatable bonds is 3. The molecule has 1 aromatic carbocycles. The van der Waals surface area contributed by atoms with Crippen LogP contribution in [0.2, 0.25) is 0 Å². The van der Waals surface area contributed by atoms with Crippen LogP contribution >= 0.6 is 0 Å². The topological polar surface area (TPSA) is 55.1 Å². The van der Waals surface area contributed by atoms with Gasteiger partial charge in [-0.2, -0.15) is 0 Å². The minimum absolute atomic E-state index is 0.0427. The molecule has 0 aliphatic rings. The number of benzene rings is 1. The monoisotopic (exact) mass is 248 g/mol. The van der Waals surface area contributed by atoms with Crippen LogP contribution in [-0.2, 0) is 11.2 Å². The zero-order valence-electron chi connectivity index (χ0n) is 10.2. The zero-order chi connectivity index (χ0) is 13.1. The highest BCUT2D eigenvalue weighted by molar-refractivity contribution is 5.92. The number of para-hydroxylation sites is 1. The number of hydrogen-bond donors (Lipinski definition) is 1. The first-order valence-electron chi connectivity index (χ1n) is 5.53. The minimum Gasteiger partial charge on any atom is -0.445 e. The summed E-state index contributed by atoms with van der Waals surface area (Å²) in [5, 5.41) is 2.49. The van der Waals surface area contributed by atoms with Crippen LogP contribution in [0.25, 0.3) is 0 Å². The summed E-state index contributed by atoms with van der Waals surface area (Å²) >= 11 is 0. The van der Waals surface area contributed by atoms with E-state index in [1.54, 1.807) is 26.0 Å². The van der Waals surface area contributed by atoms with Gasteiger partial charge in [0.25, 0.3) is 0 Å². The van der Waals surface area contributed by atoms with E-state index in [0.717, 1.165) is 0 Å². The predicted molar refractivity (Wildman–Crippen MR) is 64.7 cm³/mol. The molecule has 0 saturated carbocycles. The van der Waals surface area contributed by atoms with Gasteiger partial charge < -0.3 is 9.73 Å². The third-order valence-corrected chi connectivity index (χ3v) is 2.47. The number of anilines is 1. The van der Waals surface area contributed by atoms with Gasteiger partial charge in [0.05, 0.1) is 17.8 Å². The largest absolute Gasteiger partial charge is 0.445 e. The third kappa shape index (κ3) is 2.74. The molecule has 2 rings (SSSR count). The molecule has 1 aromatic heterocycles. The number of oxazole rings is 1. The van der Waals surface area contributed by atoms with E-state index in [0.29, 0.717) is 17.3 Å². The number of nitrogens with zero attached hydrogens (tertiary/aromatic N) is 1. The number of aromatic nitrogens is 1. The van der Waals surface area contributed by atoms with Crippen molar-refractivity contribution in [1.29, 1.82) is 0 Å². The molecule has 0 aliphatic carbocycles. The number of nitrogens with one attached hydrogen (secondary N) is 1. The Labute approximate surface area is 104 Å². The van der Waals surface area contributed by atoms with Crippen molar-refractivity contribution in [3.8, 4) is 0 Å². The van der Waals surface area contributed by atoms with Gasteiger partial charge in [-0.1, -0.05) is 12.1 Å². The standard InChI is InChI=1S/C13H13FN2O2/c1-8-12(18-9(2)15-8)7-13(17)16-11-6-4-3-5-10(11)14/h3-6H,7H2,1-2H3,(H,16,17). The van der Waals surface area contributed by atoms with Crippen LogP contribution in [0, 0.1) is 19.7 Å². The fourth-order valence-corrected chi connectivity index (χ4v) is 1.64. The Balaban J connectivity index is 2.06. The fourth-order valence-electron chi connectivity index (χ4n) is 1.64. The van der Waals surface area contributed by atoms with Crippen molar-refractivity contribution >= 4 is 11.6 Å². The zero-order valence-corrected chi connectivity index (χ0v) is 10.2. The Morgan fingerprint density at radius 1 is 1.39 bits per heavy atom. The Morgan fingerprint density at radius 3 is 2.72 bits per heavy atom. The van der Waals surface area contributed by atoms with E-state index in [2.05, 4.69) is 10.3 Å². The van der Waals surface area contributed by atoms with Gasteiger partial charge in [0.2, 0.25) is 5.91 Å². The van der Waals surface area contributed by atoms with Gasteiger partial charge in [-0.25, -0.2) is 9.37 Å². The van der Waals surface area contributed by atoms with Crippen molar-refractivity contribution in [3.05, 3.63) is 47.4 Å². The first kappa shape index (κ1) is 12.3. The van der Waals surface area contributed by atoms with Crippen molar-refractivity contribution in [1.82, 2.24) is 4.98 Å². The molecule has 5 heteroatoms. The summed E-state index contributed by atoms with van der Waals surface area (Å²) in [6.45, 7) is 3.48. The lowest BCUT2D eigenvalue weighted by Gasteiger charge is -2.04. The van der Waals surface area contributed by atoms with Crippen LogP contribution in [0.1, 0.15) is 17.3 Å². The van der Waals surface area contributed by atoms with E-state index in [-0.39, 0.29) is 18.0 Å². The maximum absolute atomic E-state index is 13.3. The van der Waals surface area contributed by atoms with Crippen LogP contribution in [-0.4, -0.2) is 10.9 Å². The van der Waals surface area contributed by atoms with E-state index >= 15 is 0 Å². The van der Waals surface area contributed by atoms with E-state index in [9.17, 15) is 9.18 Å². The molecule has 0 aliphatic heterocycles. The van der Waals surface area contributed by atoms with Crippen LogP contribution in [0.15, 0.2) is 28.7 Å². The summed E-state index contributed by atoms with van der Waals surface area (Å²) in [5.41, 5.74) is 0.840. The molecule has 0 fully saturated rings. The van der Waals surface area contributed by atoms with Gasteiger partial charge in [0.1, 0.15) is 11.6 Å². The first-order valence-corrected chi connectivity index (χ1v) is 5.53. The molecule has 0 bridgehead atoms. The molecule has 0 unspecified atom stereocenters. The lowest BCUT2D eigenvalue weighted by molar-refractivity contribution is -0.115. The molecular weight excluding hydrogens is 235 g/mol. The quantitative estimate of drug-likeness (QED) is 0.908. The van der Waals surface area contributed by atoms with Crippen LogP contribution in [0.3, 0.4) is 0 Å². The summed E-state index contributed by atoms with van der Waals surface area (Å²) in [7, 11) is 0. The van der Waals surface area contributed by atoms with E-state index in [1.807, 2.05) is 0 Å². The van der Waals surface area contributed by atoms with Gasteiger partial charge in [-0.05, 0) is 19.1 Å². The summed E-state index contributed by atoms with van der Waals surface area (Å²) in [6, 6.07) is 6.02. The molecular formula is C13H13FN2O2. The number of halogens is 1. The Kier molecular flexibility index (Phi) is 3.41. The van der Waals surface area contributed by atoms with E-state index in [1.165, 1.54) is 12.1 Å². The SMILES string of the molecule is Cc1nc(C)c(CC(=O)Nc2ccccc2F)o1. The molecule has 0 saturated heterocycles. The van der Waals surface area contributed by atoms with Crippen molar-refractivity contribution in [2.45, 2.75) is 20.3 Å². The van der Waals surface area contributed by atoms with Crippen molar-refractivity contribution < 1.29 is 13.6 Å². The summed E-state index contributed by atoms with van der Waals surface area (Å²) in [6.07, 6.45) is 0.0427. The lowest BCUT2D eigenvalue weighted by atomic mass is 10.2. The second kappa shape index (κ2) is 5.00. The van der Waals surface area contributed by atoms with E-state index < -0.39 is 5.82 Å². The number of hydrogen-bond acceptors (Lipinski definition) is 3. The second-order valence-electron chi connectivity index (χ2n) is 3.95. The number of aryl methyl sites for hydroxylation is 2. The highest BCUT2D eigenvalue weighted by Crippen LogP contribution is 2.14. The van der Waals surface area contributed by atoms with Crippen molar-refractivity contribution in [3.63, 3.8) is 0 Å². The highest BCUT2D eigenvalue weighted by Gasteiger charge is 2.13. The van der Waals surface area contributed by atoms with Gasteiger partial charge in [0.15, 0.2) is 5.89 Å². The predicted octanol–water partition coefficient (Wildman–Crippen LogP) is 2.61. The molecule has 1 amide bonds. The van der Waals surface area contributed by atoms with Crippen molar-refractivity contribution in [2.75, 3.05) is 5.32 Å². The van der Waals surface area contributed by atoms with Gasteiger partial charge >= 0.3 is 0 Å². The van der Waals surface area contributed by atoms with Crippen LogP contribution < -0.4 is 5.32 Å².